The molecule has 1 saturated heterocycles. The summed E-state index contributed by atoms with van der Waals surface area (Å²) in [7, 11) is 0. The number of β-amino-alcohol motifs (C(OH)–C–C–N with tert-alkyl or cyclic N) is 1. The molecule has 0 amide bonds. The molecule has 1 aliphatic rings. The van der Waals surface area contributed by atoms with Gasteiger partial charge in [0.05, 0.1) is 12.2 Å². The molecule has 0 aromatic heterocycles. The van der Waals surface area contributed by atoms with Crippen LogP contribution < -0.4 is 0 Å². The first-order chi connectivity index (χ1) is 9.19. The normalized spacial score (nSPS) is 28.1. The van der Waals surface area contributed by atoms with Crippen LogP contribution in [0.3, 0.4) is 0 Å². The van der Waals surface area contributed by atoms with Crippen molar-refractivity contribution in [3.05, 3.63) is 10.4 Å². The van der Waals surface area contributed by atoms with E-state index in [9.17, 15) is 10.2 Å². The second kappa shape index (κ2) is 9.12. The molecule has 7 heteroatoms. The SMILES string of the molecule is [N-]=[N+]=NCCCCCCN1C[C@H](CO)[C@@H](O)[C@H](O)C1. The lowest BCUT2D eigenvalue weighted by atomic mass is 9.93. The van der Waals surface area contributed by atoms with E-state index in [1.165, 1.54) is 0 Å². The Labute approximate surface area is 113 Å². The van der Waals surface area contributed by atoms with E-state index in [2.05, 4.69) is 14.9 Å². The molecule has 1 fully saturated rings. The van der Waals surface area contributed by atoms with Gasteiger partial charge < -0.3 is 20.2 Å². The third-order valence-corrected chi connectivity index (χ3v) is 3.60. The van der Waals surface area contributed by atoms with Gasteiger partial charge >= 0.3 is 0 Å². The molecule has 19 heavy (non-hydrogen) atoms. The predicted octanol–water partition coefficient (Wildman–Crippen LogP) is 0.503. The first-order valence-electron chi connectivity index (χ1n) is 6.89. The number of aliphatic hydroxyl groups excluding tert-OH is 3. The number of hydrogen-bond donors (Lipinski definition) is 3. The van der Waals surface area contributed by atoms with Crippen LogP contribution >= 0.6 is 0 Å². The highest BCUT2D eigenvalue weighted by Gasteiger charge is 2.33. The van der Waals surface area contributed by atoms with Gasteiger partial charge in [-0.2, -0.15) is 0 Å². The van der Waals surface area contributed by atoms with E-state index >= 15 is 0 Å². The van der Waals surface area contributed by atoms with Crippen LogP contribution in [-0.4, -0.2) is 65.2 Å². The molecule has 7 nitrogen and oxygen atoms in total. The lowest BCUT2D eigenvalue weighted by molar-refractivity contribution is -0.0861. The fraction of sp³-hybridized carbons (Fsp3) is 1.00. The largest absolute Gasteiger partial charge is 0.396 e. The fourth-order valence-corrected chi connectivity index (χ4v) is 2.47. The van der Waals surface area contributed by atoms with Gasteiger partial charge in [0.2, 0.25) is 0 Å². The van der Waals surface area contributed by atoms with Crippen molar-refractivity contribution in [3.63, 3.8) is 0 Å². The summed E-state index contributed by atoms with van der Waals surface area (Å²) in [5.41, 5.74) is 8.12. The maximum absolute atomic E-state index is 9.70. The first kappa shape index (κ1) is 16.2. The lowest BCUT2D eigenvalue weighted by Crippen LogP contribution is -2.53. The molecule has 0 saturated carbocycles. The summed E-state index contributed by atoms with van der Waals surface area (Å²) in [4.78, 5) is 4.79. The van der Waals surface area contributed by atoms with E-state index in [4.69, 9.17) is 10.6 Å². The number of aliphatic hydroxyl groups is 3. The number of hydrogen-bond acceptors (Lipinski definition) is 5. The fourth-order valence-electron chi connectivity index (χ4n) is 2.47. The molecule has 110 valence electrons. The van der Waals surface area contributed by atoms with Crippen molar-refractivity contribution in [2.75, 3.05) is 32.8 Å². The number of azide groups is 1. The van der Waals surface area contributed by atoms with Gasteiger partial charge in [-0.3, -0.25) is 0 Å². The van der Waals surface area contributed by atoms with Crippen LogP contribution in [0.25, 0.3) is 10.4 Å². The zero-order valence-electron chi connectivity index (χ0n) is 11.2. The van der Waals surface area contributed by atoms with Crippen LogP contribution in [0.2, 0.25) is 0 Å². The van der Waals surface area contributed by atoms with Gasteiger partial charge in [-0.1, -0.05) is 18.0 Å². The molecular formula is C12H24N4O3. The summed E-state index contributed by atoms with van der Waals surface area (Å²) >= 11 is 0. The highest BCUT2D eigenvalue weighted by Crippen LogP contribution is 2.18. The van der Waals surface area contributed by atoms with E-state index in [0.29, 0.717) is 19.6 Å². The van der Waals surface area contributed by atoms with Gasteiger partial charge in [-0.05, 0) is 24.9 Å². The van der Waals surface area contributed by atoms with Crippen molar-refractivity contribution in [2.24, 2.45) is 11.0 Å². The number of piperidine rings is 1. The first-order valence-corrected chi connectivity index (χ1v) is 6.89. The van der Waals surface area contributed by atoms with E-state index in [1.807, 2.05) is 0 Å². The number of nitrogens with zero attached hydrogens (tertiary/aromatic N) is 4. The smallest absolute Gasteiger partial charge is 0.0929 e. The number of rotatable bonds is 8. The highest BCUT2D eigenvalue weighted by molar-refractivity contribution is 4.86. The van der Waals surface area contributed by atoms with Crippen LogP contribution in [0, 0.1) is 5.92 Å². The Hall–Kier alpha value is -0.850. The van der Waals surface area contributed by atoms with Gasteiger partial charge in [0.15, 0.2) is 0 Å². The Balaban J connectivity index is 2.13. The Morgan fingerprint density at radius 2 is 1.89 bits per heavy atom. The zero-order chi connectivity index (χ0) is 14.1. The Kier molecular flexibility index (Phi) is 7.78. The topological polar surface area (TPSA) is 113 Å². The third kappa shape index (κ3) is 5.76. The Bertz CT molecular complexity index is 297. The van der Waals surface area contributed by atoms with Gasteiger partial charge in [0, 0.05) is 37.1 Å². The average Bonchev–Trinajstić information content (AvgIpc) is 2.41. The molecule has 1 aliphatic heterocycles. The molecule has 3 N–H and O–H groups in total. The maximum Gasteiger partial charge on any atom is 0.0929 e. The second-order valence-corrected chi connectivity index (χ2v) is 5.13. The van der Waals surface area contributed by atoms with Crippen molar-refractivity contribution >= 4 is 0 Å². The Morgan fingerprint density at radius 1 is 1.16 bits per heavy atom. The standard InChI is InChI=1S/C12H24N4O3/c13-15-14-5-3-1-2-4-6-16-7-10(9-17)12(19)11(18)8-16/h10-12,17-19H,1-9H2/t10-,11-,12-/m1/s1. The predicted molar refractivity (Wildman–Crippen MR) is 71.5 cm³/mol. The minimum atomic E-state index is -0.815. The summed E-state index contributed by atoms with van der Waals surface area (Å²) in [5, 5.41) is 32.0. The molecule has 3 atom stereocenters. The average molecular weight is 272 g/mol. The summed E-state index contributed by atoms with van der Waals surface area (Å²) in [6, 6.07) is 0. The minimum Gasteiger partial charge on any atom is -0.396 e. The van der Waals surface area contributed by atoms with Crippen molar-refractivity contribution in [3.8, 4) is 0 Å². The van der Waals surface area contributed by atoms with Gasteiger partial charge in [-0.15, -0.1) is 0 Å². The van der Waals surface area contributed by atoms with Crippen LogP contribution in [0.1, 0.15) is 25.7 Å². The monoisotopic (exact) mass is 272 g/mol. The van der Waals surface area contributed by atoms with Crippen molar-refractivity contribution in [1.29, 1.82) is 0 Å². The molecule has 0 radical (unpaired) electrons. The molecule has 0 aromatic carbocycles. The van der Waals surface area contributed by atoms with Crippen LogP contribution in [0.15, 0.2) is 5.11 Å². The van der Waals surface area contributed by atoms with Gasteiger partial charge in [0.25, 0.3) is 0 Å². The summed E-state index contributed by atoms with van der Waals surface area (Å²) in [6.07, 6.45) is 2.42. The molecule has 1 rings (SSSR count). The van der Waals surface area contributed by atoms with Crippen molar-refractivity contribution in [2.45, 2.75) is 37.9 Å². The maximum atomic E-state index is 9.70. The number of unbranched alkanes of at least 4 members (excludes halogenated alkanes) is 3. The molecule has 0 unspecified atom stereocenters. The van der Waals surface area contributed by atoms with Crippen LogP contribution in [0.4, 0.5) is 0 Å². The highest BCUT2D eigenvalue weighted by atomic mass is 16.3. The molecular weight excluding hydrogens is 248 g/mol. The van der Waals surface area contributed by atoms with E-state index in [-0.39, 0.29) is 12.5 Å². The van der Waals surface area contributed by atoms with Gasteiger partial charge in [-0.25, -0.2) is 0 Å². The van der Waals surface area contributed by atoms with Crippen LogP contribution in [-0.2, 0) is 0 Å². The minimum absolute atomic E-state index is 0.0963. The van der Waals surface area contributed by atoms with Crippen LogP contribution in [0.5, 0.6) is 0 Å². The second-order valence-electron chi connectivity index (χ2n) is 5.13. The summed E-state index contributed by atoms with van der Waals surface area (Å²) in [5.74, 6) is -0.256. The number of likely N-dealkylation sites (tertiary alicyclic amines) is 1. The quantitative estimate of drug-likeness (QED) is 0.258. The zero-order valence-corrected chi connectivity index (χ0v) is 11.2. The van der Waals surface area contributed by atoms with Crippen molar-refractivity contribution in [1.82, 2.24) is 4.90 Å². The molecule has 1 heterocycles. The Morgan fingerprint density at radius 3 is 2.58 bits per heavy atom. The summed E-state index contributed by atoms with van der Waals surface area (Å²) < 4.78 is 0. The van der Waals surface area contributed by atoms with Crippen molar-refractivity contribution < 1.29 is 15.3 Å². The molecule has 0 spiro atoms. The van der Waals surface area contributed by atoms with Gasteiger partial charge in [0.1, 0.15) is 0 Å². The van der Waals surface area contributed by atoms with E-state index in [0.717, 1.165) is 32.2 Å². The summed E-state index contributed by atoms with van der Waals surface area (Å²) in [6.45, 7) is 2.42. The van der Waals surface area contributed by atoms with E-state index in [1.54, 1.807) is 0 Å². The van der Waals surface area contributed by atoms with E-state index < -0.39 is 12.2 Å². The lowest BCUT2D eigenvalue weighted by Gasteiger charge is -2.38. The third-order valence-electron chi connectivity index (χ3n) is 3.60. The molecule has 0 aliphatic carbocycles. The molecule has 0 bridgehead atoms. The molecule has 0 aromatic rings.